The SMILES string of the molecule is CCC(N)(CC)C(=O)N(C)C(C)c1cc2ccccc2o1. The Morgan fingerprint density at radius 1 is 1.33 bits per heavy atom. The van der Waals surface area contributed by atoms with Gasteiger partial charge in [-0.3, -0.25) is 4.79 Å². The van der Waals surface area contributed by atoms with Gasteiger partial charge >= 0.3 is 0 Å². The Kier molecular flexibility index (Phi) is 4.37. The fourth-order valence-electron chi connectivity index (χ4n) is 2.48. The Bertz CT molecular complexity index is 596. The third-order valence-corrected chi connectivity index (χ3v) is 4.45. The van der Waals surface area contributed by atoms with E-state index in [-0.39, 0.29) is 11.9 Å². The van der Waals surface area contributed by atoms with E-state index in [0.29, 0.717) is 12.8 Å². The fourth-order valence-corrected chi connectivity index (χ4v) is 2.48. The maximum absolute atomic E-state index is 12.6. The molecule has 4 nitrogen and oxygen atoms in total. The molecule has 114 valence electrons. The predicted molar refractivity (Wildman–Crippen MR) is 84.9 cm³/mol. The molecule has 0 aliphatic carbocycles. The molecule has 0 fully saturated rings. The molecule has 2 N–H and O–H groups in total. The van der Waals surface area contributed by atoms with Gasteiger partial charge in [-0.1, -0.05) is 32.0 Å². The van der Waals surface area contributed by atoms with Crippen molar-refractivity contribution < 1.29 is 9.21 Å². The number of para-hydroxylation sites is 1. The van der Waals surface area contributed by atoms with Crippen LogP contribution in [0, 0.1) is 0 Å². The minimum absolute atomic E-state index is 0.0412. The Hall–Kier alpha value is -1.81. The Labute approximate surface area is 125 Å². The van der Waals surface area contributed by atoms with Gasteiger partial charge in [0.1, 0.15) is 11.3 Å². The highest BCUT2D eigenvalue weighted by molar-refractivity contribution is 5.86. The molecule has 21 heavy (non-hydrogen) atoms. The smallest absolute Gasteiger partial charge is 0.242 e. The number of hydrogen-bond acceptors (Lipinski definition) is 3. The van der Waals surface area contributed by atoms with Gasteiger partial charge in [-0.2, -0.15) is 0 Å². The van der Waals surface area contributed by atoms with Crippen LogP contribution >= 0.6 is 0 Å². The molecule has 2 rings (SSSR count). The molecule has 4 heteroatoms. The van der Waals surface area contributed by atoms with Crippen molar-refractivity contribution in [1.82, 2.24) is 4.90 Å². The van der Waals surface area contributed by atoms with Gasteiger partial charge in [0.15, 0.2) is 0 Å². The first-order valence-electron chi connectivity index (χ1n) is 7.47. The molecule has 1 aromatic heterocycles. The molecule has 0 aliphatic rings. The minimum atomic E-state index is -0.797. The Morgan fingerprint density at radius 3 is 2.52 bits per heavy atom. The number of nitrogens with zero attached hydrogens (tertiary/aromatic N) is 1. The zero-order chi connectivity index (χ0) is 15.6. The lowest BCUT2D eigenvalue weighted by molar-refractivity contribution is -0.138. The van der Waals surface area contributed by atoms with Gasteiger partial charge in [-0.05, 0) is 31.9 Å². The molecule has 0 bridgehead atoms. The van der Waals surface area contributed by atoms with Crippen molar-refractivity contribution in [1.29, 1.82) is 0 Å². The summed E-state index contributed by atoms with van der Waals surface area (Å²) >= 11 is 0. The highest BCUT2D eigenvalue weighted by Crippen LogP contribution is 2.28. The number of furan rings is 1. The molecular weight excluding hydrogens is 264 g/mol. The summed E-state index contributed by atoms with van der Waals surface area (Å²) in [6.07, 6.45) is 1.25. The van der Waals surface area contributed by atoms with Crippen molar-refractivity contribution in [2.75, 3.05) is 7.05 Å². The van der Waals surface area contributed by atoms with E-state index in [9.17, 15) is 4.79 Å². The number of amides is 1. The summed E-state index contributed by atoms with van der Waals surface area (Å²) in [5, 5.41) is 1.05. The molecule has 1 heterocycles. The van der Waals surface area contributed by atoms with Crippen LogP contribution in [0.1, 0.15) is 45.4 Å². The van der Waals surface area contributed by atoms with Gasteiger partial charge in [0.25, 0.3) is 0 Å². The molecule has 1 unspecified atom stereocenters. The normalized spacial score (nSPS) is 13.4. The second kappa shape index (κ2) is 5.90. The van der Waals surface area contributed by atoms with E-state index in [1.54, 1.807) is 11.9 Å². The number of hydrogen-bond donors (Lipinski definition) is 1. The molecule has 0 aliphatic heterocycles. The number of nitrogens with two attached hydrogens (primary N) is 1. The lowest BCUT2D eigenvalue weighted by Gasteiger charge is -2.33. The summed E-state index contributed by atoms with van der Waals surface area (Å²) in [6, 6.07) is 9.68. The standard InChI is InChI=1S/C17H24N2O2/c1-5-17(18,6-2)16(20)19(4)12(3)15-11-13-9-7-8-10-14(13)21-15/h7-12H,5-6,18H2,1-4H3. The maximum Gasteiger partial charge on any atom is 0.242 e. The molecule has 1 amide bonds. The zero-order valence-corrected chi connectivity index (χ0v) is 13.2. The number of carbonyl (C=O) groups is 1. The predicted octanol–water partition coefficient (Wildman–Crippen LogP) is 3.47. The van der Waals surface area contributed by atoms with Crippen molar-refractivity contribution in [3.63, 3.8) is 0 Å². The van der Waals surface area contributed by atoms with Crippen molar-refractivity contribution in [2.45, 2.75) is 45.2 Å². The summed E-state index contributed by atoms with van der Waals surface area (Å²) in [7, 11) is 1.78. The summed E-state index contributed by atoms with van der Waals surface area (Å²) in [5.41, 5.74) is 6.25. The topological polar surface area (TPSA) is 59.5 Å². The van der Waals surface area contributed by atoms with Crippen LogP contribution in [-0.2, 0) is 4.79 Å². The lowest BCUT2D eigenvalue weighted by atomic mass is 9.92. The highest BCUT2D eigenvalue weighted by atomic mass is 16.3. The second-order valence-corrected chi connectivity index (χ2v) is 5.64. The van der Waals surface area contributed by atoms with Crippen molar-refractivity contribution in [3.8, 4) is 0 Å². The highest BCUT2D eigenvalue weighted by Gasteiger charge is 2.35. The Morgan fingerprint density at radius 2 is 1.95 bits per heavy atom. The zero-order valence-electron chi connectivity index (χ0n) is 13.2. The monoisotopic (exact) mass is 288 g/mol. The fraction of sp³-hybridized carbons (Fsp3) is 0.471. The van der Waals surface area contributed by atoms with Gasteiger partial charge in [0.05, 0.1) is 11.6 Å². The van der Waals surface area contributed by atoms with Crippen molar-refractivity contribution in [3.05, 3.63) is 36.1 Å². The minimum Gasteiger partial charge on any atom is -0.459 e. The van der Waals surface area contributed by atoms with Gasteiger partial charge < -0.3 is 15.1 Å². The van der Waals surface area contributed by atoms with Gasteiger partial charge in [0, 0.05) is 12.4 Å². The Balaban J connectivity index is 2.26. The number of likely N-dealkylation sites (N-methyl/N-ethyl adjacent to an activating group) is 1. The number of fused-ring (bicyclic) bond motifs is 1. The largest absolute Gasteiger partial charge is 0.459 e. The average Bonchev–Trinajstić information content (AvgIpc) is 2.95. The van der Waals surface area contributed by atoms with Crippen LogP contribution < -0.4 is 5.73 Å². The van der Waals surface area contributed by atoms with Crippen LogP contribution in [0.25, 0.3) is 11.0 Å². The third kappa shape index (κ3) is 2.81. The quantitative estimate of drug-likeness (QED) is 0.916. The second-order valence-electron chi connectivity index (χ2n) is 5.64. The van der Waals surface area contributed by atoms with E-state index in [2.05, 4.69) is 0 Å². The molecule has 0 saturated carbocycles. The summed E-state index contributed by atoms with van der Waals surface area (Å²) in [6.45, 7) is 5.85. The van der Waals surface area contributed by atoms with E-state index in [1.165, 1.54) is 0 Å². The lowest BCUT2D eigenvalue weighted by Crippen LogP contribution is -2.54. The summed E-state index contributed by atoms with van der Waals surface area (Å²) < 4.78 is 5.85. The summed E-state index contributed by atoms with van der Waals surface area (Å²) in [4.78, 5) is 14.3. The number of carbonyl (C=O) groups excluding carboxylic acids is 1. The van der Waals surface area contributed by atoms with E-state index in [1.807, 2.05) is 51.1 Å². The van der Waals surface area contributed by atoms with Gasteiger partial charge in [-0.25, -0.2) is 0 Å². The van der Waals surface area contributed by atoms with Crippen LogP contribution in [0.3, 0.4) is 0 Å². The molecule has 1 atom stereocenters. The molecule has 0 radical (unpaired) electrons. The van der Waals surface area contributed by atoms with Crippen LogP contribution in [0.4, 0.5) is 0 Å². The van der Waals surface area contributed by atoms with Crippen molar-refractivity contribution >= 4 is 16.9 Å². The molecule has 0 spiro atoms. The summed E-state index contributed by atoms with van der Waals surface area (Å²) in [5.74, 6) is 0.738. The van der Waals surface area contributed by atoms with E-state index < -0.39 is 5.54 Å². The molecule has 1 aromatic carbocycles. The first-order chi connectivity index (χ1) is 9.92. The van der Waals surface area contributed by atoms with Gasteiger partial charge in [-0.15, -0.1) is 0 Å². The van der Waals surface area contributed by atoms with Crippen LogP contribution in [0.15, 0.2) is 34.7 Å². The molecule has 0 saturated heterocycles. The first-order valence-corrected chi connectivity index (χ1v) is 7.47. The molecular formula is C17H24N2O2. The van der Waals surface area contributed by atoms with E-state index in [0.717, 1.165) is 16.7 Å². The average molecular weight is 288 g/mol. The van der Waals surface area contributed by atoms with E-state index in [4.69, 9.17) is 10.2 Å². The van der Waals surface area contributed by atoms with Crippen molar-refractivity contribution in [2.24, 2.45) is 5.73 Å². The van der Waals surface area contributed by atoms with Crippen LogP contribution in [0.2, 0.25) is 0 Å². The number of rotatable bonds is 5. The maximum atomic E-state index is 12.6. The van der Waals surface area contributed by atoms with Gasteiger partial charge in [0.2, 0.25) is 5.91 Å². The van der Waals surface area contributed by atoms with Crippen LogP contribution in [-0.4, -0.2) is 23.4 Å². The third-order valence-electron chi connectivity index (χ3n) is 4.45. The van der Waals surface area contributed by atoms with Crippen LogP contribution in [0.5, 0.6) is 0 Å². The molecule has 2 aromatic rings. The number of benzene rings is 1. The first kappa shape index (κ1) is 15.6. The van der Waals surface area contributed by atoms with E-state index >= 15 is 0 Å².